The molecule has 1 aromatic heterocycles. The Morgan fingerprint density at radius 2 is 2.47 bits per heavy atom. The maximum atomic E-state index is 11.9. The van der Waals surface area contributed by atoms with Crippen molar-refractivity contribution >= 4 is 17.4 Å². The number of hydrogen-bond acceptors (Lipinski definition) is 5. The van der Waals surface area contributed by atoms with Crippen molar-refractivity contribution in [2.45, 2.75) is 13.0 Å². The number of Topliss-reactive ketones (excluding diaryl/α,β-unsaturated/α-hetero) is 1. The highest BCUT2D eigenvalue weighted by Gasteiger charge is 2.28. The number of anilines is 2. The molecule has 15 heavy (non-hydrogen) atoms. The SMILES string of the molecule is CNc1cnc2n(c1=O)C(C(C)=O)CN2. The minimum atomic E-state index is -0.437. The van der Waals surface area contributed by atoms with Gasteiger partial charge in [-0.05, 0) is 6.92 Å². The Bertz CT molecular complexity index is 466. The van der Waals surface area contributed by atoms with E-state index in [1.807, 2.05) is 0 Å². The maximum Gasteiger partial charge on any atom is 0.278 e. The molecule has 6 nitrogen and oxygen atoms in total. The minimum Gasteiger partial charge on any atom is -0.382 e. The van der Waals surface area contributed by atoms with Gasteiger partial charge in [0, 0.05) is 13.6 Å². The van der Waals surface area contributed by atoms with Gasteiger partial charge in [-0.25, -0.2) is 4.98 Å². The lowest BCUT2D eigenvalue weighted by molar-refractivity contribution is -0.119. The van der Waals surface area contributed by atoms with Crippen molar-refractivity contribution in [3.8, 4) is 0 Å². The zero-order chi connectivity index (χ0) is 11.0. The summed E-state index contributed by atoms with van der Waals surface area (Å²) in [5.74, 6) is 0.414. The van der Waals surface area contributed by atoms with E-state index >= 15 is 0 Å². The fraction of sp³-hybridized carbons (Fsp3) is 0.444. The second-order valence-corrected chi connectivity index (χ2v) is 3.43. The predicted molar refractivity (Wildman–Crippen MR) is 56.3 cm³/mol. The van der Waals surface area contributed by atoms with Crippen LogP contribution in [0.5, 0.6) is 0 Å². The lowest BCUT2D eigenvalue weighted by Crippen LogP contribution is -2.28. The van der Waals surface area contributed by atoms with Gasteiger partial charge in [0.2, 0.25) is 5.95 Å². The van der Waals surface area contributed by atoms with Gasteiger partial charge in [-0.3, -0.25) is 14.2 Å². The quantitative estimate of drug-likeness (QED) is 0.706. The molecule has 0 radical (unpaired) electrons. The Labute approximate surface area is 86.3 Å². The summed E-state index contributed by atoms with van der Waals surface area (Å²) >= 11 is 0. The molecule has 1 aliphatic heterocycles. The van der Waals surface area contributed by atoms with Crippen molar-refractivity contribution in [1.82, 2.24) is 9.55 Å². The number of hydrogen-bond donors (Lipinski definition) is 2. The minimum absolute atomic E-state index is 0.0431. The van der Waals surface area contributed by atoms with Crippen molar-refractivity contribution in [3.05, 3.63) is 16.6 Å². The Morgan fingerprint density at radius 3 is 3.07 bits per heavy atom. The van der Waals surface area contributed by atoms with Crippen LogP contribution in [0.3, 0.4) is 0 Å². The lowest BCUT2D eigenvalue weighted by Gasteiger charge is -2.09. The maximum absolute atomic E-state index is 11.9. The Morgan fingerprint density at radius 1 is 1.73 bits per heavy atom. The lowest BCUT2D eigenvalue weighted by atomic mass is 10.2. The molecule has 0 spiro atoms. The van der Waals surface area contributed by atoms with Crippen LogP contribution in [0.25, 0.3) is 0 Å². The van der Waals surface area contributed by atoms with Gasteiger partial charge in [-0.1, -0.05) is 0 Å². The standard InChI is InChI=1S/C9H12N4O2/c1-5(14)7-4-12-9-11-3-6(10-2)8(15)13(7)9/h3,7,10H,4H2,1-2H3,(H,11,12). The van der Waals surface area contributed by atoms with E-state index < -0.39 is 6.04 Å². The van der Waals surface area contributed by atoms with Crippen molar-refractivity contribution in [2.75, 3.05) is 24.2 Å². The molecule has 2 N–H and O–H groups in total. The monoisotopic (exact) mass is 208 g/mol. The van der Waals surface area contributed by atoms with Crippen molar-refractivity contribution in [2.24, 2.45) is 0 Å². The molecule has 0 bridgehead atoms. The summed E-state index contributed by atoms with van der Waals surface area (Å²) in [7, 11) is 1.65. The van der Waals surface area contributed by atoms with Gasteiger partial charge in [0.05, 0.1) is 6.20 Å². The summed E-state index contributed by atoms with van der Waals surface area (Å²) in [6.45, 7) is 1.91. The van der Waals surface area contributed by atoms with Crippen LogP contribution in [0.1, 0.15) is 13.0 Å². The van der Waals surface area contributed by atoms with Crippen molar-refractivity contribution in [3.63, 3.8) is 0 Å². The zero-order valence-corrected chi connectivity index (χ0v) is 8.57. The third-order valence-electron chi connectivity index (χ3n) is 2.50. The smallest absolute Gasteiger partial charge is 0.278 e. The molecule has 0 amide bonds. The highest BCUT2D eigenvalue weighted by Crippen LogP contribution is 2.19. The molecular formula is C9H12N4O2. The van der Waals surface area contributed by atoms with E-state index in [1.165, 1.54) is 17.7 Å². The van der Waals surface area contributed by atoms with E-state index in [9.17, 15) is 9.59 Å². The van der Waals surface area contributed by atoms with Crippen LogP contribution in [-0.2, 0) is 4.79 Å². The zero-order valence-electron chi connectivity index (χ0n) is 8.57. The van der Waals surface area contributed by atoms with Crippen molar-refractivity contribution < 1.29 is 4.79 Å². The molecule has 0 saturated heterocycles. The normalized spacial score (nSPS) is 18.1. The number of rotatable bonds is 2. The third-order valence-corrected chi connectivity index (χ3v) is 2.50. The van der Waals surface area contributed by atoms with E-state index in [4.69, 9.17) is 0 Å². The summed E-state index contributed by atoms with van der Waals surface area (Å²) in [6.07, 6.45) is 1.46. The summed E-state index contributed by atoms with van der Waals surface area (Å²) in [5.41, 5.74) is 0.182. The molecule has 1 aromatic rings. The van der Waals surface area contributed by atoms with Gasteiger partial charge in [0.1, 0.15) is 11.7 Å². The van der Waals surface area contributed by atoms with Gasteiger partial charge >= 0.3 is 0 Å². The van der Waals surface area contributed by atoms with E-state index in [-0.39, 0.29) is 11.3 Å². The first kappa shape index (κ1) is 9.70. The van der Waals surface area contributed by atoms with Crippen molar-refractivity contribution in [1.29, 1.82) is 0 Å². The molecule has 6 heteroatoms. The van der Waals surface area contributed by atoms with Gasteiger partial charge in [-0.2, -0.15) is 0 Å². The van der Waals surface area contributed by atoms with E-state index in [0.29, 0.717) is 18.2 Å². The summed E-state index contributed by atoms with van der Waals surface area (Å²) in [4.78, 5) is 27.2. The second kappa shape index (κ2) is 3.38. The summed E-state index contributed by atoms with van der Waals surface area (Å²) < 4.78 is 1.40. The molecule has 0 aromatic carbocycles. The number of nitrogens with one attached hydrogen (secondary N) is 2. The van der Waals surface area contributed by atoms with E-state index in [1.54, 1.807) is 7.05 Å². The van der Waals surface area contributed by atoms with Crippen LogP contribution >= 0.6 is 0 Å². The van der Waals surface area contributed by atoms with Crippen LogP contribution in [0.2, 0.25) is 0 Å². The van der Waals surface area contributed by atoms with Gasteiger partial charge in [0.25, 0.3) is 5.56 Å². The third kappa shape index (κ3) is 1.38. The number of ketones is 1. The number of carbonyl (C=O) groups excluding carboxylic acids is 1. The summed E-state index contributed by atoms with van der Waals surface area (Å²) in [5, 5.41) is 5.68. The average molecular weight is 208 g/mol. The first-order valence-electron chi connectivity index (χ1n) is 4.68. The van der Waals surface area contributed by atoms with Crippen LogP contribution in [-0.4, -0.2) is 28.9 Å². The van der Waals surface area contributed by atoms with Gasteiger partial charge in [-0.15, -0.1) is 0 Å². The topological polar surface area (TPSA) is 76.0 Å². The Hall–Kier alpha value is -1.85. The van der Waals surface area contributed by atoms with E-state index in [0.717, 1.165) is 0 Å². The molecule has 1 atom stereocenters. The molecular weight excluding hydrogens is 196 g/mol. The molecule has 2 rings (SSSR count). The molecule has 1 unspecified atom stereocenters. The highest BCUT2D eigenvalue weighted by atomic mass is 16.1. The van der Waals surface area contributed by atoms with Gasteiger partial charge in [0.15, 0.2) is 5.78 Å². The largest absolute Gasteiger partial charge is 0.382 e. The molecule has 0 aliphatic carbocycles. The Balaban J connectivity index is 2.60. The first-order chi connectivity index (χ1) is 7.15. The molecule has 0 fully saturated rings. The number of fused-ring (bicyclic) bond motifs is 1. The summed E-state index contributed by atoms with van der Waals surface area (Å²) in [6, 6.07) is -0.437. The Kier molecular flexibility index (Phi) is 2.18. The molecule has 0 saturated carbocycles. The average Bonchev–Trinajstić information content (AvgIpc) is 2.63. The fourth-order valence-electron chi connectivity index (χ4n) is 1.67. The number of aromatic nitrogens is 2. The van der Waals surface area contributed by atoms with Crippen LogP contribution in [0.4, 0.5) is 11.6 Å². The fourth-order valence-corrected chi connectivity index (χ4v) is 1.67. The van der Waals surface area contributed by atoms with Crippen LogP contribution in [0, 0.1) is 0 Å². The highest BCUT2D eigenvalue weighted by molar-refractivity contribution is 5.82. The molecule has 2 heterocycles. The van der Waals surface area contributed by atoms with E-state index in [2.05, 4.69) is 15.6 Å². The van der Waals surface area contributed by atoms with Gasteiger partial charge < -0.3 is 10.6 Å². The number of nitrogens with zero attached hydrogens (tertiary/aromatic N) is 2. The van der Waals surface area contributed by atoms with Crippen LogP contribution in [0.15, 0.2) is 11.0 Å². The molecule has 80 valence electrons. The number of carbonyl (C=O) groups is 1. The first-order valence-corrected chi connectivity index (χ1v) is 4.68. The molecule has 1 aliphatic rings. The predicted octanol–water partition coefficient (Wildman–Crippen LogP) is -0.159. The second-order valence-electron chi connectivity index (χ2n) is 3.43. The van der Waals surface area contributed by atoms with Crippen LogP contribution < -0.4 is 16.2 Å².